The molecule has 114 valence electrons. The van der Waals surface area contributed by atoms with Crippen LogP contribution in [0.2, 0.25) is 5.02 Å². The van der Waals surface area contributed by atoms with Crippen LogP contribution in [0.4, 0.5) is 0 Å². The second kappa shape index (κ2) is 5.46. The number of amides is 1. The van der Waals surface area contributed by atoms with Crippen LogP contribution in [-0.2, 0) is 20.6 Å². The summed E-state index contributed by atoms with van der Waals surface area (Å²) in [4.78, 5) is 14.3. The summed E-state index contributed by atoms with van der Waals surface area (Å²) in [5.41, 5.74) is 1.45. The monoisotopic (exact) mass is 317 g/mol. The van der Waals surface area contributed by atoms with E-state index >= 15 is 0 Å². The minimum atomic E-state index is -0.0854. The molecule has 0 saturated carbocycles. The number of hydrogen-bond donors (Lipinski definition) is 0. The number of fused-ring (bicyclic) bond motifs is 1. The Kier molecular flexibility index (Phi) is 3.62. The van der Waals surface area contributed by atoms with Crippen molar-refractivity contribution in [3.63, 3.8) is 0 Å². The van der Waals surface area contributed by atoms with Crippen molar-refractivity contribution in [3.8, 4) is 0 Å². The first-order chi connectivity index (χ1) is 10.5. The second-order valence-electron chi connectivity index (χ2n) is 5.29. The fraction of sp³-hybridized carbons (Fsp3) is 0.267. The van der Waals surface area contributed by atoms with E-state index in [1.165, 1.54) is 0 Å². The molecular weight excluding hydrogens is 302 g/mol. The Hall–Kier alpha value is -2.34. The summed E-state index contributed by atoms with van der Waals surface area (Å²) >= 11 is 6.23. The number of aromatic nitrogens is 4. The van der Waals surface area contributed by atoms with E-state index < -0.39 is 0 Å². The smallest absolute Gasteiger partial charge is 0.270 e. The molecule has 0 bridgehead atoms. The van der Waals surface area contributed by atoms with Crippen molar-refractivity contribution in [2.45, 2.75) is 6.54 Å². The zero-order valence-corrected chi connectivity index (χ0v) is 13.4. The molecule has 2 aromatic heterocycles. The summed E-state index contributed by atoms with van der Waals surface area (Å²) in [5.74, 6) is 0.644. The van der Waals surface area contributed by atoms with Crippen molar-refractivity contribution in [1.29, 1.82) is 0 Å². The zero-order valence-electron chi connectivity index (χ0n) is 12.6. The Bertz CT molecular complexity index is 851. The zero-order chi connectivity index (χ0) is 15.9. The Balaban J connectivity index is 1.93. The summed E-state index contributed by atoms with van der Waals surface area (Å²) < 4.78 is 3.62. The van der Waals surface area contributed by atoms with E-state index in [4.69, 9.17) is 11.6 Å². The van der Waals surface area contributed by atoms with Gasteiger partial charge in [0.1, 0.15) is 12.0 Å². The van der Waals surface area contributed by atoms with Gasteiger partial charge in [0.05, 0.1) is 17.1 Å². The van der Waals surface area contributed by atoms with Gasteiger partial charge in [-0.15, -0.1) is 10.2 Å². The highest BCUT2D eigenvalue weighted by Crippen LogP contribution is 2.26. The fourth-order valence-corrected chi connectivity index (χ4v) is 2.81. The molecule has 3 rings (SSSR count). The Morgan fingerprint density at radius 3 is 2.77 bits per heavy atom. The third-order valence-corrected chi connectivity index (χ3v) is 4.06. The number of carbonyl (C=O) groups is 1. The average Bonchev–Trinajstić information content (AvgIpc) is 3.03. The molecule has 0 N–H and O–H groups in total. The number of aryl methyl sites for hydroxylation is 2. The van der Waals surface area contributed by atoms with Gasteiger partial charge in [-0.1, -0.05) is 23.7 Å². The van der Waals surface area contributed by atoms with Crippen LogP contribution in [0.1, 0.15) is 16.3 Å². The SMILES string of the molecule is CN(Cc1nncn1C)C(=O)c1cc2cccc(Cl)c2n1C. The van der Waals surface area contributed by atoms with Gasteiger partial charge in [0.15, 0.2) is 5.82 Å². The molecule has 0 aliphatic carbocycles. The van der Waals surface area contributed by atoms with Crippen LogP contribution in [0.3, 0.4) is 0 Å². The molecule has 0 spiro atoms. The van der Waals surface area contributed by atoms with Crippen molar-refractivity contribution in [3.05, 3.63) is 47.1 Å². The van der Waals surface area contributed by atoms with E-state index in [1.54, 1.807) is 22.8 Å². The van der Waals surface area contributed by atoms with Crippen molar-refractivity contribution < 1.29 is 4.79 Å². The number of rotatable bonds is 3. The maximum atomic E-state index is 12.7. The van der Waals surface area contributed by atoms with E-state index in [-0.39, 0.29) is 5.91 Å². The molecule has 0 saturated heterocycles. The van der Waals surface area contributed by atoms with Crippen molar-refractivity contribution >= 4 is 28.4 Å². The molecule has 0 radical (unpaired) electrons. The van der Waals surface area contributed by atoms with Gasteiger partial charge in [-0.05, 0) is 12.1 Å². The average molecular weight is 318 g/mol. The first kappa shape index (κ1) is 14.6. The van der Waals surface area contributed by atoms with Crippen LogP contribution in [0, 0.1) is 0 Å². The Morgan fingerprint density at radius 2 is 2.14 bits per heavy atom. The van der Waals surface area contributed by atoms with E-state index in [0.717, 1.165) is 16.7 Å². The van der Waals surface area contributed by atoms with Crippen LogP contribution in [0.15, 0.2) is 30.6 Å². The van der Waals surface area contributed by atoms with Gasteiger partial charge in [-0.3, -0.25) is 4.79 Å². The van der Waals surface area contributed by atoms with Crippen LogP contribution >= 0.6 is 11.6 Å². The molecule has 0 aliphatic heterocycles. The maximum Gasteiger partial charge on any atom is 0.270 e. The largest absolute Gasteiger partial charge is 0.338 e. The molecule has 6 nitrogen and oxygen atoms in total. The molecule has 0 atom stereocenters. The van der Waals surface area contributed by atoms with Crippen molar-refractivity contribution in [2.75, 3.05) is 7.05 Å². The highest BCUT2D eigenvalue weighted by molar-refractivity contribution is 6.35. The van der Waals surface area contributed by atoms with Gasteiger partial charge in [-0.2, -0.15) is 0 Å². The summed E-state index contributed by atoms with van der Waals surface area (Å²) in [6.07, 6.45) is 1.62. The number of carbonyl (C=O) groups excluding carboxylic acids is 1. The van der Waals surface area contributed by atoms with E-state index in [1.807, 2.05) is 42.9 Å². The van der Waals surface area contributed by atoms with Gasteiger partial charge < -0.3 is 14.0 Å². The summed E-state index contributed by atoms with van der Waals surface area (Å²) in [5, 5.41) is 9.41. The number of hydrogen-bond acceptors (Lipinski definition) is 3. The Morgan fingerprint density at radius 1 is 1.36 bits per heavy atom. The molecule has 0 fully saturated rings. The minimum Gasteiger partial charge on any atom is -0.338 e. The van der Waals surface area contributed by atoms with Gasteiger partial charge in [0, 0.05) is 26.5 Å². The summed E-state index contributed by atoms with van der Waals surface area (Å²) in [6, 6.07) is 7.50. The van der Waals surface area contributed by atoms with E-state index in [9.17, 15) is 4.79 Å². The third kappa shape index (κ3) is 2.35. The van der Waals surface area contributed by atoms with E-state index in [2.05, 4.69) is 10.2 Å². The molecular formula is C15H16ClN5O. The lowest BCUT2D eigenvalue weighted by Gasteiger charge is -2.17. The highest BCUT2D eigenvalue weighted by Gasteiger charge is 2.19. The minimum absolute atomic E-state index is 0.0854. The number of benzene rings is 1. The maximum absolute atomic E-state index is 12.7. The number of halogens is 1. The Labute approximate surface area is 132 Å². The molecule has 1 aromatic carbocycles. The summed E-state index contributed by atoms with van der Waals surface area (Å²) in [7, 11) is 5.44. The third-order valence-electron chi connectivity index (χ3n) is 3.76. The molecule has 0 aliphatic rings. The normalized spacial score (nSPS) is 11.1. The molecule has 22 heavy (non-hydrogen) atoms. The van der Waals surface area contributed by atoms with Gasteiger partial charge in [0.2, 0.25) is 0 Å². The van der Waals surface area contributed by atoms with Crippen LogP contribution in [-0.4, -0.2) is 37.2 Å². The number of para-hydroxylation sites is 1. The van der Waals surface area contributed by atoms with Crippen molar-refractivity contribution in [2.24, 2.45) is 14.1 Å². The van der Waals surface area contributed by atoms with Crippen LogP contribution in [0.25, 0.3) is 10.9 Å². The lowest BCUT2D eigenvalue weighted by Crippen LogP contribution is -2.29. The molecule has 3 aromatic rings. The van der Waals surface area contributed by atoms with Gasteiger partial charge in [0.25, 0.3) is 5.91 Å². The fourth-order valence-electron chi connectivity index (χ4n) is 2.50. The first-order valence-corrected chi connectivity index (χ1v) is 7.19. The van der Waals surface area contributed by atoms with Gasteiger partial charge >= 0.3 is 0 Å². The van der Waals surface area contributed by atoms with Crippen molar-refractivity contribution in [1.82, 2.24) is 24.2 Å². The lowest BCUT2D eigenvalue weighted by molar-refractivity contribution is 0.0771. The highest BCUT2D eigenvalue weighted by atomic mass is 35.5. The van der Waals surface area contributed by atoms with E-state index in [0.29, 0.717) is 17.3 Å². The molecule has 0 unspecified atom stereocenters. The molecule has 2 heterocycles. The second-order valence-corrected chi connectivity index (χ2v) is 5.69. The topological polar surface area (TPSA) is 56.0 Å². The predicted molar refractivity (Wildman–Crippen MR) is 84.7 cm³/mol. The predicted octanol–water partition coefficient (Wildman–Crippen LogP) is 2.23. The quantitative estimate of drug-likeness (QED) is 0.744. The lowest BCUT2D eigenvalue weighted by atomic mass is 10.2. The molecule has 7 heteroatoms. The van der Waals surface area contributed by atoms with Gasteiger partial charge in [-0.25, -0.2) is 0 Å². The van der Waals surface area contributed by atoms with Crippen LogP contribution < -0.4 is 0 Å². The molecule has 1 amide bonds. The standard InChI is InChI=1S/C15H16ClN5O/c1-19(8-13-18-17-9-20(13)2)15(22)12-7-10-5-4-6-11(16)14(10)21(12)3/h4-7,9H,8H2,1-3H3. The number of nitrogens with zero attached hydrogens (tertiary/aromatic N) is 5. The van der Waals surface area contributed by atoms with Crippen LogP contribution in [0.5, 0.6) is 0 Å². The first-order valence-electron chi connectivity index (χ1n) is 6.81. The summed E-state index contributed by atoms with van der Waals surface area (Å²) in [6.45, 7) is 0.393.